The molecule has 0 radical (unpaired) electrons. The van der Waals surface area contributed by atoms with Crippen LogP contribution in [-0.2, 0) is 20.0 Å². The predicted molar refractivity (Wildman–Crippen MR) is 120 cm³/mol. The molecular formula is C21H25N3O6S2. The predicted octanol–water partition coefficient (Wildman–Crippen LogP) is 1.39. The highest BCUT2D eigenvalue weighted by molar-refractivity contribution is 7.93. The number of nitrogens with zero attached hydrogens (tertiary/aromatic N) is 3. The van der Waals surface area contributed by atoms with Crippen molar-refractivity contribution in [1.82, 2.24) is 9.21 Å². The molecular weight excluding hydrogens is 454 g/mol. The van der Waals surface area contributed by atoms with Crippen LogP contribution in [0.1, 0.15) is 22.3 Å². The molecule has 0 aromatic heterocycles. The molecule has 0 bridgehead atoms. The van der Waals surface area contributed by atoms with Crippen molar-refractivity contribution >= 4 is 31.6 Å². The summed E-state index contributed by atoms with van der Waals surface area (Å²) in [6.07, 6.45) is 0.549. The standard InChI is InChI=1S/C21H25N3O6S2/c1-16-6-7-19(25)20(14-16)32(29,30)23-11-9-22(10-12-23)21(26)17-4-2-5-18(15-17)24-8-3-13-31(24,27)28/h2,4-7,14-15,25H,3,8-13H2,1H3. The average molecular weight is 480 g/mol. The zero-order chi connectivity index (χ0) is 23.1. The Bertz CT molecular complexity index is 1250. The van der Waals surface area contributed by atoms with Gasteiger partial charge in [-0.15, -0.1) is 0 Å². The fourth-order valence-corrected chi connectivity index (χ4v) is 7.15. The first-order chi connectivity index (χ1) is 15.1. The number of aromatic hydroxyl groups is 1. The second-order valence-corrected chi connectivity index (χ2v) is 11.9. The van der Waals surface area contributed by atoms with Crippen molar-refractivity contribution in [2.75, 3.05) is 42.8 Å². The first kappa shape index (κ1) is 22.6. The third-order valence-electron chi connectivity index (χ3n) is 5.74. The Balaban J connectivity index is 1.47. The van der Waals surface area contributed by atoms with E-state index in [0.717, 1.165) is 5.56 Å². The monoisotopic (exact) mass is 479 g/mol. The molecule has 1 amide bonds. The SMILES string of the molecule is Cc1ccc(O)c(S(=O)(=O)N2CCN(C(=O)c3cccc(N4CCCS4(=O)=O)c3)CC2)c1. The van der Waals surface area contributed by atoms with E-state index in [2.05, 4.69) is 0 Å². The smallest absolute Gasteiger partial charge is 0.254 e. The minimum atomic E-state index is -3.89. The Labute approximate surface area is 188 Å². The number of carbonyl (C=O) groups excluding carboxylic acids is 1. The van der Waals surface area contributed by atoms with E-state index < -0.39 is 20.0 Å². The number of benzene rings is 2. The van der Waals surface area contributed by atoms with Crippen LogP contribution in [0.5, 0.6) is 5.75 Å². The number of hydrogen-bond donors (Lipinski definition) is 1. The van der Waals surface area contributed by atoms with Crippen molar-refractivity contribution in [2.45, 2.75) is 18.2 Å². The van der Waals surface area contributed by atoms with Crippen LogP contribution in [0, 0.1) is 6.92 Å². The lowest BCUT2D eigenvalue weighted by Crippen LogP contribution is -2.50. The van der Waals surface area contributed by atoms with Crippen LogP contribution < -0.4 is 4.31 Å². The summed E-state index contributed by atoms with van der Waals surface area (Å²) in [7, 11) is -7.24. The zero-order valence-electron chi connectivity index (χ0n) is 17.6. The van der Waals surface area contributed by atoms with Gasteiger partial charge in [-0.05, 0) is 49.2 Å². The summed E-state index contributed by atoms with van der Waals surface area (Å²) in [4.78, 5) is 14.4. The third kappa shape index (κ3) is 4.19. The number of piperazine rings is 1. The molecule has 2 aromatic carbocycles. The van der Waals surface area contributed by atoms with Gasteiger partial charge in [0.25, 0.3) is 5.91 Å². The lowest BCUT2D eigenvalue weighted by atomic mass is 10.1. The Morgan fingerprint density at radius 1 is 1.00 bits per heavy atom. The molecule has 0 aliphatic carbocycles. The van der Waals surface area contributed by atoms with Gasteiger partial charge in [-0.2, -0.15) is 4.31 Å². The molecule has 0 spiro atoms. The van der Waals surface area contributed by atoms with Crippen LogP contribution in [-0.4, -0.2) is 75.5 Å². The molecule has 4 rings (SSSR count). The second-order valence-electron chi connectivity index (χ2n) is 7.96. The average Bonchev–Trinajstić information content (AvgIpc) is 3.14. The van der Waals surface area contributed by atoms with E-state index in [1.165, 1.54) is 20.7 Å². The normalized spacial score (nSPS) is 19.3. The molecule has 2 heterocycles. The molecule has 2 aliphatic rings. The molecule has 11 heteroatoms. The highest BCUT2D eigenvalue weighted by Crippen LogP contribution is 2.28. The minimum Gasteiger partial charge on any atom is -0.507 e. The van der Waals surface area contributed by atoms with Crippen LogP contribution in [0.15, 0.2) is 47.4 Å². The van der Waals surface area contributed by atoms with Crippen molar-refractivity contribution in [1.29, 1.82) is 0 Å². The first-order valence-electron chi connectivity index (χ1n) is 10.3. The number of sulfonamides is 2. The van der Waals surface area contributed by atoms with Gasteiger partial charge in [0.05, 0.1) is 11.4 Å². The number of rotatable bonds is 4. The number of phenolic OH excluding ortho intramolecular Hbond substituents is 1. The summed E-state index contributed by atoms with van der Waals surface area (Å²) in [6, 6.07) is 10.9. The van der Waals surface area contributed by atoms with Gasteiger partial charge in [0.1, 0.15) is 10.6 Å². The quantitative estimate of drug-likeness (QED) is 0.709. The first-order valence-corrected chi connectivity index (χ1v) is 13.3. The number of anilines is 1. The van der Waals surface area contributed by atoms with Crippen molar-refractivity contribution in [3.63, 3.8) is 0 Å². The topological polar surface area (TPSA) is 115 Å². The fraction of sp³-hybridized carbons (Fsp3) is 0.381. The van der Waals surface area contributed by atoms with Gasteiger partial charge in [-0.25, -0.2) is 16.8 Å². The maximum atomic E-state index is 13.0. The zero-order valence-corrected chi connectivity index (χ0v) is 19.3. The van der Waals surface area contributed by atoms with E-state index in [1.54, 1.807) is 42.2 Å². The summed E-state index contributed by atoms with van der Waals surface area (Å²) in [5, 5.41) is 10.0. The molecule has 0 saturated carbocycles. The Hall–Kier alpha value is -2.63. The molecule has 2 fully saturated rings. The molecule has 1 N–H and O–H groups in total. The van der Waals surface area contributed by atoms with Gasteiger partial charge in [0, 0.05) is 38.3 Å². The van der Waals surface area contributed by atoms with E-state index in [-0.39, 0.29) is 48.5 Å². The van der Waals surface area contributed by atoms with Gasteiger partial charge in [0.2, 0.25) is 20.0 Å². The number of hydrogen-bond acceptors (Lipinski definition) is 6. The highest BCUT2D eigenvalue weighted by Gasteiger charge is 2.33. The maximum absolute atomic E-state index is 13.0. The number of phenols is 1. The van der Waals surface area contributed by atoms with Crippen LogP contribution in [0.4, 0.5) is 5.69 Å². The fourth-order valence-electron chi connectivity index (χ4n) is 4.00. The third-order valence-corrected chi connectivity index (χ3v) is 9.54. The molecule has 2 aromatic rings. The van der Waals surface area contributed by atoms with E-state index >= 15 is 0 Å². The van der Waals surface area contributed by atoms with E-state index in [9.17, 15) is 26.7 Å². The van der Waals surface area contributed by atoms with Crippen LogP contribution in [0.2, 0.25) is 0 Å². The van der Waals surface area contributed by atoms with E-state index in [4.69, 9.17) is 0 Å². The Kier molecular flexibility index (Phi) is 5.91. The number of aryl methyl sites for hydroxylation is 1. The van der Waals surface area contributed by atoms with Crippen LogP contribution in [0.25, 0.3) is 0 Å². The van der Waals surface area contributed by atoms with Crippen molar-refractivity contribution in [3.05, 3.63) is 53.6 Å². The van der Waals surface area contributed by atoms with Gasteiger partial charge in [-0.1, -0.05) is 12.1 Å². The lowest BCUT2D eigenvalue weighted by Gasteiger charge is -2.34. The summed E-state index contributed by atoms with van der Waals surface area (Å²) in [5.74, 6) is -0.486. The van der Waals surface area contributed by atoms with Gasteiger partial charge < -0.3 is 10.0 Å². The maximum Gasteiger partial charge on any atom is 0.254 e. The summed E-state index contributed by atoms with van der Waals surface area (Å²) < 4.78 is 52.9. The van der Waals surface area contributed by atoms with Crippen molar-refractivity contribution in [3.8, 4) is 5.75 Å². The second kappa shape index (κ2) is 8.38. The van der Waals surface area contributed by atoms with Crippen molar-refractivity contribution < 1.29 is 26.7 Å². The summed E-state index contributed by atoms with van der Waals surface area (Å²) >= 11 is 0. The van der Waals surface area contributed by atoms with Crippen LogP contribution >= 0.6 is 0 Å². The van der Waals surface area contributed by atoms with Crippen molar-refractivity contribution in [2.24, 2.45) is 0 Å². The van der Waals surface area contributed by atoms with E-state index in [1.807, 2.05) is 0 Å². The van der Waals surface area contributed by atoms with E-state index in [0.29, 0.717) is 24.2 Å². The molecule has 172 valence electrons. The molecule has 0 unspecified atom stereocenters. The largest absolute Gasteiger partial charge is 0.507 e. The lowest BCUT2D eigenvalue weighted by molar-refractivity contribution is 0.0697. The molecule has 9 nitrogen and oxygen atoms in total. The molecule has 2 aliphatic heterocycles. The molecule has 2 saturated heterocycles. The van der Waals surface area contributed by atoms with Gasteiger partial charge >= 0.3 is 0 Å². The number of carbonyl (C=O) groups is 1. The van der Waals surface area contributed by atoms with Crippen LogP contribution in [0.3, 0.4) is 0 Å². The minimum absolute atomic E-state index is 0.0953. The Morgan fingerprint density at radius 2 is 1.72 bits per heavy atom. The summed E-state index contributed by atoms with van der Waals surface area (Å²) in [5.41, 5.74) is 1.54. The summed E-state index contributed by atoms with van der Waals surface area (Å²) in [6.45, 7) is 2.72. The molecule has 0 atom stereocenters. The van der Waals surface area contributed by atoms with Gasteiger partial charge in [0.15, 0.2) is 0 Å². The molecule has 32 heavy (non-hydrogen) atoms. The van der Waals surface area contributed by atoms with Gasteiger partial charge in [-0.3, -0.25) is 9.10 Å². The number of amides is 1. The Morgan fingerprint density at radius 3 is 2.38 bits per heavy atom. The highest BCUT2D eigenvalue weighted by atomic mass is 32.2.